The molecule has 1 atom stereocenters. The summed E-state index contributed by atoms with van der Waals surface area (Å²) in [5, 5.41) is 0. The first-order valence-corrected chi connectivity index (χ1v) is 7.93. The summed E-state index contributed by atoms with van der Waals surface area (Å²) in [7, 11) is -1.30. The Bertz CT molecular complexity index is 655. The van der Waals surface area contributed by atoms with Crippen molar-refractivity contribution in [2.45, 2.75) is 17.7 Å². The van der Waals surface area contributed by atoms with E-state index in [4.69, 9.17) is 4.74 Å². The van der Waals surface area contributed by atoms with Crippen molar-refractivity contribution in [1.29, 1.82) is 0 Å². The number of rotatable bonds is 4. The second kappa shape index (κ2) is 5.75. The van der Waals surface area contributed by atoms with Gasteiger partial charge in [0.15, 0.2) is 0 Å². The fourth-order valence-electron chi connectivity index (χ4n) is 2.35. The van der Waals surface area contributed by atoms with Crippen molar-refractivity contribution >= 4 is 10.8 Å². The third kappa shape index (κ3) is 2.75. The molecule has 1 aliphatic rings. The summed E-state index contributed by atoms with van der Waals surface area (Å²) in [6.07, 6.45) is 1.60. The van der Waals surface area contributed by atoms with Crippen LogP contribution in [0.3, 0.4) is 0 Å². The molecule has 0 aliphatic carbocycles. The molecule has 0 bridgehead atoms. The summed E-state index contributed by atoms with van der Waals surface area (Å²) in [6.45, 7) is 0.736. The van der Waals surface area contributed by atoms with Crippen molar-refractivity contribution in [3.8, 4) is 5.75 Å². The van der Waals surface area contributed by atoms with Crippen molar-refractivity contribution in [3.63, 3.8) is 0 Å². The van der Waals surface area contributed by atoms with Crippen LogP contribution < -0.4 is 4.74 Å². The molecule has 0 fully saturated rings. The van der Waals surface area contributed by atoms with E-state index in [1.165, 1.54) is 11.6 Å². The van der Waals surface area contributed by atoms with Gasteiger partial charge in [-0.3, -0.25) is 4.21 Å². The molecule has 0 N–H and O–H groups in total. The quantitative estimate of drug-likeness (QED) is 0.865. The minimum atomic E-state index is -1.30. The van der Waals surface area contributed by atoms with E-state index in [-0.39, 0.29) is 4.90 Å². The summed E-state index contributed by atoms with van der Waals surface area (Å²) in [6, 6.07) is 12.3. The Hall–Kier alpha value is -1.68. The predicted octanol–water partition coefficient (Wildman–Crippen LogP) is 3.11. The molecule has 0 amide bonds. The molecule has 1 heterocycles. The summed E-state index contributed by atoms with van der Waals surface area (Å²) in [5.41, 5.74) is 2.33. The lowest BCUT2D eigenvalue weighted by Gasteiger charge is -2.05. The molecule has 2 aromatic rings. The van der Waals surface area contributed by atoms with Gasteiger partial charge in [0.2, 0.25) is 0 Å². The van der Waals surface area contributed by atoms with E-state index in [9.17, 15) is 8.60 Å². The molecule has 0 aromatic heterocycles. The highest BCUT2D eigenvalue weighted by Gasteiger charge is 2.13. The average molecular weight is 290 g/mol. The summed E-state index contributed by atoms with van der Waals surface area (Å²) >= 11 is 0. The monoisotopic (exact) mass is 290 g/mol. The zero-order chi connectivity index (χ0) is 13.9. The van der Waals surface area contributed by atoms with E-state index in [0.717, 1.165) is 24.3 Å². The minimum Gasteiger partial charge on any atom is -0.493 e. The van der Waals surface area contributed by atoms with Crippen molar-refractivity contribution in [1.82, 2.24) is 0 Å². The van der Waals surface area contributed by atoms with Crippen LogP contribution in [-0.4, -0.2) is 16.6 Å². The molecule has 0 saturated carbocycles. The highest BCUT2D eigenvalue weighted by molar-refractivity contribution is 7.85. The third-order valence-corrected chi connectivity index (χ3v) is 4.81. The highest BCUT2D eigenvalue weighted by Crippen LogP contribution is 2.26. The molecular formula is C16H15FO2S. The second-order valence-corrected chi connectivity index (χ2v) is 6.31. The summed E-state index contributed by atoms with van der Waals surface area (Å²) in [4.78, 5) is 0.289. The van der Waals surface area contributed by atoms with E-state index in [2.05, 4.69) is 6.07 Å². The SMILES string of the molecule is O=S(CCc1ccc2c(c1)CCO2)c1ccccc1F. The average Bonchev–Trinajstić information content (AvgIpc) is 2.92. The first kappa shape index (κ1) is 13.3. The van der Waals surface area contributed by atoms with Gasteiger partial charge >= 0.3 is 0 Å². The molecule has 20 heavy (non-hydrogen) atoms. The van der Waals surface area contributed by atoms with Crippen molar-refractivity contribution in [3.05, 3.63) is 59.4 Å². The topological polar surface area (TPSA) is 26.3 Å². The van der Waals surface area contributed by atoms with Gasteiger partial charge in [0.05, 0.1) is 22.3 Å². The lowest BCUT2D eigenvalue weighted by Crippen LogP contribution is -2.03. The van der Waals surface area contributed by atoms with Crippen molar-refractivity contribution in [2.75, 3.05) is 12.4 Å². The van der Waals surface area contributed by atoms with Gasteiger partial charge in [-0.2, -0.15) is 0 Å². The van der Waals surface area contributed by atoms with Crippen LogP contribution in [0.5, 0.6) is 5.75 Å². The van der Waals surface area contributed by atoms with Crippen LogP contribution in [0.15, 0.2) is 47.4 Å². The molecule has 2 aromatic carbocycles. The van der Waals surface area contributed by atoms with Gasteiger partial charge in [-0.1, -0.05) is 24.3 Å². The number of halogens is 1. The van der Waals surface area contributed by atoms with Crippen LogP contribution in [0.2, 0.25) is 0 Å². The number of ether oxygens (including phenoxy) is 1. The summed E-state index contributed by atoms with van der Waals surface area (Å²) < 4.78 is 31.1. The Balaban J connectivity index is 1.68. The van der Waals surface area contributed by atoms with Crippen molar-refractivity contribution < 1.29 is 13.3 Å². The predicted molar refractivity (Wildman–Crippen MR) is 77.0 cm³/mol. The zero-order valence-electron chi connectivity index (χ0n) is 11.0. The van der Waals surface area contributed by atoms with Gasteiger partial charge < -0.3 is 4.74 Å². The van der Waals surface area contributed by atoms with Gasteiger partial charge in [-0.05, 0) is 35.7 Å². The van der Waals surface area contributed by atoms with Crippen LogP contribution in [0.4, 0.5) is 4.39 Å². The molecule has 1 unspecified atom stereocenters. The van der Waals surface area contributed by atoms with Crippen LogP contribution >= 0.6 is 0 Å². The Morgan fingerprint density at radius 1 is 1.20 bits per heavy atom. The molecule has 0 spiro atoms. The smallest absolute Gasteiger partial charge is 0.139 e. The molecule has 4 heteroatoms. The fraction of sp³-hybridized carbons (Fsp3) is 0.250. The third-order valence-electron chi connectivity index (χ3n) is 3.41. The van der Waals surface area contributed by atoms with E-state index in [1.54, 1.807) is 18.2 Å². The van der Waals surface area contributed by atoms with E-state index >= 15 is 0 Å². The number of aryl methyl sites for hydroxylation is 1. The van der Waals surface area contributed by atoms with Crippen LogP contribution in [-0.2, 0) is 23.6 Å². The zero-order valence-corrected chi connectivity index (χ0v) is 11.8. The maximum absolute atomic E-state index is 13.5. The maximum atomic E-state index is 13.5. The van der Waals surface area contributed by atoms with Crippen LogP contribution in [0, 0.1) is 5.82 Å². The first-order chi connectivity index (χ1) is 9.74. The lowest BCUT2D eigenvalue weighted by atomic mass is 10.1. The summed E-state index contributed by atoms with van der Waals surface area (Å²) in [5.74, 6) is 0.984. The Morgan fingerprint density at radius 2 is 2.05 bits per heavy atom. The number of benzene rings is 2. The minimum absolute atomic E-state index is 0.289. The molecule has 1 aliphatic heterocycles. The van der Waals surface area contributed by atoms with Gasteiger partial charge in [-0.25, -0.2) is 4.39 Å². The molecule has 2 nitrogen and oxygen atoms in total. The maximum Gasteiger partial charge on any atom is 0.139 e. The Kier molecular flexibility index (Phi) is 3.83. The van der Waals surface area contributed by atoms with E-state index < -0.39 is 16.6 Å². The normalized spacial score (nSPS) is 14.7. The number of fused-ring (bicyclic) bond motifs is 1. The number of hydrogen-bond donors (Lipinski definition) is 0. The first-order valence-electron chi connectivity index (χ1n) is 6.61. The van der Waals surface area contributed by atoms with Gasteiger partial charge in [0.25, 0.3) is 0 Å². The van der Waals surface area contributed by atoms with Gasteiger partial charge in [-0.15, -0.1) is 0 Å². The standard InChI is InChI=1S/C16H15FO2S/c17-14-3-1-2-4-16(14)20(18)10-8-12-5-6-15-13(11-12)7-9-19-15/h1-6,11H,7-10H2. The molecule has 104 valence electrons. The molecule has 0 radical (unpaired) electrons. The highest BCUT2D eigenvalue weighted by atomic mass is 32.2. The molecule has 0 saturated heterocycles. The van der Waals surface area contributed by atoms with Crippen LogP contribution in [0.25, 0.3) is 0 Å². The Labute approximate surface area is 120 Å². The molecule has 3 rings (SSSR count). The van der Waals surface area contributed by atoms with Gasteiger partial charge in [0, 0.05) is 12.2 Å². The largest absolute Gasteiger partial charge is 0.493 e. The lowest BCUT2D eigenvalue weighted by molar-refractivity contribution is 0.357. The fourth-order valence-corrected chi connectivity index (χ4v) is 3.50. The van der Waals surface area contributed by atoms with Crippen LogP contribution in [0.1, 0.15) is 11.1 Å². The van der Waals surface area contributed by atoms with Gasteiger partial charge in [0.1, 0.15) is 11.6 Å². The Morgan fingerprint density at radius 3 is 2.90 bits per heavy atom. The van der Waals surface area contributed by atoms with Crippen molar-refractivity contribution in [2.24, 2.45) is 0 Å². The van der Waals surface area contributed by atoms with E-state index in [0.29, 0.717) is 12.2 Å². The second-order valence-electron chi connectivity index (χ2n) is 4.77. The van der Waals surface area contributed by atoms with E-state index in [1.807, 2.05) is 12.1 Å². The molecular weight excluding hydrogens is 275 g/mol. The number of hydrogen-bond acceptors (Lipinski definition) is 2.